The summed E-state index contributed by atoms with van der Waals surface area (Å²) in [6, 6.07) is 4.63. The maximum Gasteiger partial charge on any atom is 0.242 e. The van der Waals surface area contributed by atoms with Crippen LogP contribution in [0.15, 0.2) is 27.7 Å². The van der Waals surface area contributed by atoms with E-state index in [9.17, 15) is 8.42 Å². The van der Waals surface area contributed by atoms with Gasteiger partial charge in [0.05, 0.1) is 0 Å². The third-order valence-corrected chi connectivity index (χ3v) is 3.47. The number of aromatic nitrogens is 2. The minimum Gasteiger partial charge on any atom is -0.329 e. The van der Waals surface area contributed by atoms with Crippen LogP contribution in [0.1, 0.15) is 0 Å². The van der Waals surface area contributed by atoms with Crippen LogP contribution in [0, 0.1) is 0 Å². The van der Waals surface area contributed by atoms with E-state index in [1.807, 2.05) is 0 Å². The Morgan fingerprint density at radius 3 is 2.94 bits per heavy atom. The SMILES string of the molecule is NCCNS(=O)(=O)c1cccc2nonc12. The van der Waals surface area contributed by atoms with Gasteiger partial charge in [-0.3, -0.25) is 0 Å². The molecule has 86 valence electrons. The molecular formula is C8H10N4O3S. The maximum atomic E-state index is 11.8. The third kappa shape index (κ3) is 1.90. The number of nitrogens with two attached hydrogens (primary N) is 1. The zero-order valence-corrected chi connectivity index (χ0v) is 9.07. The lowest BCUT2D eigenvalue weighted by Gasteiger charge is -2.04. The van der Waals surface area contributed by atoms with Gasteiger partial charge in [-0.25, -0.2) is 17.8 Å². The number of nitrogens with one attached hydrogen (secondary N) is 1. The second-order valence-corrected chi connectivity index (χ2v) is 4.81. The fourth-order valence-corrected chi connectivity index (χ4v) is 2.47. The van der Waals surface area contributed by atoms with Crippen molar-refractivity contribution in [2.45, 2.75) is 4.90 Å². The molecule has 16 heavy (non-hydrogen) atoms. The van der Waals surface area contributed by atoms with Crippen LogP contribution in [0.2, 0.25) is 0 Å². The molecule has 0 radical (unpaired) electrons. The first-order chi connectivity index (χ1) is 7.65. The molecule has 0 aliphatic heterocycles. The van der Waals surface area contributed by atoms with Gasteiger partial charge >= 0.3 is 0 Å². The van der Waals surface area contributed by atoms with Crippen molar-refractivity contribution in [1.29, 1.82) is 0 Å². The van der Waals surface area contributed by atoms with E-state index in [1.165, 1.54) is 6.07 Å². The number of nitrogens with zero attached hydrogens (tertiary/aromatic N) is 2. The summed E-state index contributed by atoms with van der Waals surface area (Å²) in [5.74, 6) is 0. The Balaban J connectivity index is 2.50. The fraction of sp³-hybridized carbons (Fsp3) is 0.250. The van der Waals surface area contributed by atoms with Crippen LogP contribution in [0.25, 0.3) is 11.0 Å². The van der Waals surface area contributed by atoms with Crippen LogP contribution < -0.4 is 10.5 Å². The van der Waals surface area contributed by atoms with Gasteiger partial charge in [0.25, 0.3) is 0 Å². The Kier molecular flexibility index (Phi) is 2.86. The van der Waals surface area contributed by atoms with E-state index in [0.29, 0.717) is 5.52 Å². The summed E-state index contributed by atoms with van der Waals surface area (Å²) in [6.07, 6.45) is 0. The first-order valence-electron chi connectivity index (χ1n) is 4.56. The van der Waals surface area contributed by atoms with Crippen LogP contribution >= 0.6 is 0 Å². The number of fused-ring (bicyclic) bond motifs is 1. The van der Waals surface area contributed by atoms with E-state index in [0.717, 1.165) is 0 Å². The molecule has 0 amide bonds. The first-order valence-corrected chi connectivity index (χ1v) is 6.04. The summed E-state index contributed by atoms with van der Waals surface area (Å²) in [7, 11) is -3.61. The van der Waals surface area contributed by atoms with Crippen molar-refractivity contribution in [2.75, 3.05) is 13.1 Å². The quantitative estimate of drug-likeness (QED) is 0.744. The Morgan fingerprint density at radius 1 is 1.38 bits per heavy atom. The summed E-state index contributed by atoms with van der Waals surface area (Å²) in [6.45, 7) is 0.399. The van der Waals surface area contributed by atoms with E-state index in [4.69, 9.17) is 5.73 Å². The minimum atomic E-state index is -3.61. The second kappa shape index (κ2) is 4.16. The van der Waals surface area contributed by atoms with Gasteiger partial charge in [-0.1, -0.05) is 6.07 Å². The predicted octanol–water partition coefficient (Wildman–Crippen LogP) is -0.540. The lowest BCUT2D eigenvalue weighted by molar-refractivity contribution is 0.315. The number of sulfonamides is 1. The summed E-state index contributed by atoms with van der Waals surface area (Å²) >= 11 is 0. The Hall–Kier alpha value is -1.51. The normalized spacial score (nSPS) is 12.1. The predicted molar refractivity (Wildman–Crippen MR) is 56.0 cm³/mol. The first kappa shape index (κ1) is 11.0. The van der Waals surface area contributed by atoms with Crippen LogP contribution in [-0.2, 0) is 10.0 Å². The van der Waals surface area contributed by atoms with Crippen molar-refractivity contribution in [2.24, 2.45) is 5.73 Å². The molecule has 3 N–H and O–H groups in total. The van der Waals surface area contributed by atoms with E-state index >= 15 is 0 Å². The van der Waals surface area contributed by atoms with Gasteiger partial charge < -0.3 is 5.73 Å². The van der Waals surface area contributed by atoms with E-state index in [2.05, 4.69) is 19.7 Å². The highest BCUT2D eigenvalue weighted by Crippen LogP contribution is 2.18. The molecule has 1 aromatic carbocycles. The van der Waals surface area contributed by atoms with Crippen LogP contribution in [0.5, 0.6) is 0 Å². The largest absolute Gasteiger partial charge is 0.329 e. The van der Waals surface area contributed by atoms with E-state index in [-0.39, 0.29) is 23.5 Å². The highest BCUT2D eigenvalue weighted by Gasteiger charge is 2.19. The highest BCUT2D eigenvalue weighted by molar-refractivity contribution is 7.89. The van der Waals surface area contributed by atoms with Crippen LogP contribution in [0.3, 0.4) is 0 Å². The van der Waals surface area contributed by atoms with Gasteiger partial charge in [-0.05, 0) is 22.4 Å². The molecule has 2 aromatic rings. The molecule has 8 heteroatoms. The smallest absolute Gasteiger partial charge is 0.242 e. The van der Waals surface area contributed by atoms with E-state index in [1.54, 1.807) is 12.1 Å². The van der Waals surface area contributed by atoms with Crippen molar-refractivity contribution >= 4 is 21.1 Å². The number of benzene rings is 1. The molecule has 0 aliphatic rings. The highest BCUT2D eigenvalue weighted by atomic mass is 32.2. The van der Waals surface area contributed by atoms with E-state index < -0.39 is 10.0 Å². The van der Waals surface area contributed by atoms with Crippen molar-refractivity contribution in [3.05, 3.63) is 18.2 Å². The average molecular weight is 242 g/mol. The molecule has 0 spiro atoms. The van der Waals surface area contributed by atoms with Gasteiger partial charge in [0.2, 0.25) is 10.0 Å². The molecule has 0 bridgehead atoms. The molecule has 0 atom stereocenters. The molecule has 0 aliphatic carbocycles. The molecule has 0 saturated carbocycles. The van der Waals surface area contributed by atoms with Crippen molar-refractivity contribution in [1.82, 2.24) is 15.0 Å². The summed E-state index contributed by atoms with van der Waals surface area (Å²) < 4.78 is 30.5. The molecule has 0 fully saturated rings. The summed E-state index contributed by atoms with van der Waals surface area (Å²) in [4.78, 5) is 0.0414. The van der Waals surface area contributed by atoms with Gasteiger partial charge in [-0.2, -0.15) is 0 Å². The lowest BCUT2D eigenvalue weighted by atomic mass is 10.3. The number of rotatable bonds is 4. The maximum absolute atomic E-state index is 11.8. The van der Waals surface area contributed by atoms with Gasteiger partial charge in [0.1, 0.15) is 10.4 Å². The Labute approximate surface area is 91.6 Å². The lowest BCUT2D eigenvalue weighted by Crippen LogP contribution is -2.29. The van der Waals surface area contributed by atoms with Crippen LogP contribution in [-0.4, -0.2) is 31.8 Å². The van der Waals surface area contributed by atoms with Gasteiger partial charge in [0, 0.05) is 13.1 Å². The number of hydrogen-bond acceptors (Lipinski definition) is 6. The second-order valence-electron chi connectivity index (χ2n) is 3.07. The molecular weight excluding hydrogens is 232 g/mol. The van der Waals surface area contributed by atoms with Gasteiger partial charge in [-0.15, -0.1) is 0 Å². The zero-order valence-electron chi connectivity index (χ0n) is 8.25. The van der Waals surface area contributed by atoms with Crippen molar-refractivity contribution in [3.63, 3.8) is 0 Å². The Bertz CT molecular complexity index is 592. The third-order valence-electron chi connectivity index (χ3n) is 1.97. The molecule has 7 nitrogen and oxygen atoms in total. The molecule has 1 heterocycles. The monoisotopic (exact) mass is 242 g/mol. The number of hydrogen-bond donors (Lipinski definition) is 2. The Morgan fingerprint density at radius 2 is 2.19 bits per heavy atom. The minimum absolute atomic E-state index is 0.0414. The summed E-state index contributed by atoms with van der Waals surface area (Å²) in [5.41, 5.74) is 5.85. The molecule has 2 rings (SSSR count). The standard InChI is InChI=1S/C8H10N4O3S/c9-4-5-10-16(13,14)7-3-1-2-6-8(7)12-15-11-6/h1-3,10H,4-5,9H2. The van der Waals surface area contributed by atoms with Crippen molar-refractivity contribution in [3.8, 4) is 0 Å². The molecule has 1 aromatic heterocycles. The molecule has 0 unspecified atom stereocenters. The zero-order chi connectivity index (χ0) is 11.6. The van der Waals surface area contributed by atoms with Crippen LogP contribution in [0.4, 0.5) is 0 Å². The van der Waals surface area contributed by atoms with Gasteiger partial charge in [0.15, 0.2) is 5.52 Å². The fourth-order valence-electron chi connectivity index (χ4n) is 1.27. The van der Waals surface area contributed by atoms with Crippen molar-refractivity contribution < 1.29 is 13.0 Å². The average Bonchev–Trinajstić information content (AvgIpc) is 2.73. The topological polar surface area (TPSA) is 111 Å². The summed E-state index contributed by atoms with van der Waals surface area (Å²) in [5, 5.41) is 7.13. The molecule has 0 saturated heterocycles.